The van der Waals surface area contributed by atoms with Crippen molar-refractivity contribution in [1.29, 1.82) is 0 Å². The van der Waals surface area contributed by atoms with Crippen molar-refractivity contribution in [3.05, 3.63) is 60.2 Å². The van der Waals surface area contributed by atoms with Gasteiger partial charge in [-0.2, -0.15) is 0 Å². The van der Waals surface area contributed by atoms with Gasteiger partial charge in [-0.05, 0) is 29.8 Å². The van der Waals surface area contributed by atoms with Crippen LogP contribution in [0.25, 0.3) is 0 Å². The number of rotatable bonds is 9. The van der Waals surface area contributed by atoms with E-state index in [0.29, 0.717) is 12.4 Å². The fourth-order valence-electron chi connectivity index (χ4n) is 1.85. The van der Waals surface area contributed by atoms with Crippen molar-refractivity contribution in [3.63, 3.8) is 0 Å². The molecule has 0 aliphatic carbocycles. The van der Waals surface area contributed by atoms with Crippen molar-refractivity contribution in [3.8, 4) is 11.5 Å². The first-order valence-electron chi connectivity index (χ1n) is 7.12. The van der Waals surface area contributed by atoms with E-state index in [1.807, 2.05) is 54.6 Å². The highest BCUT2D eigenvalue weighted by Gasteiger charge is 1.98. The number of hydrogen-bond acceptors (Lipinski definition) is 4. The summed E-state index contributed by atoms with van der Waals surface area (Å²) in [4.78, 5) is 10.6. The molecule has 5 heteroatoms. The Morgan fingerprint density at radius 3 is 2.32 bits per heavy atom. The van der Waals surface area contributed by atoms with Gasteiger partial charge in [0.2, 0.25) is 0 Å². The molecule has 2 aromatic carbocycles. The van der Waals surface area contributed by atoms with Crippen LogP contribution in [-0.2, 0) is 11.3 Å². The predicted octanol–water partition coefficient (Wildman–Crippen LogP) is 1.72. The van der Waals surface area contributed by atoms with Crippen LogP contribution in [-0.4, -0.2) is 25.7 Å². The largest absolute Gasteiger partial charge is 0.492 e. The topological polar surface area (TPSA) is 73.6 Å². The summed E-state index contributed by atoms with van der Waals surface area (Å²) in [7, 11) is 0. The summed E-state index contributed by atoms with van der Waals surface area (Å²) in [5.41, 5.74) is 6.15. The smallest absolute Gasteiger partial charge is 0.255 e. The molecule has 0 saturated carbocycles. The molecule has 0 aromatic heterocycles. The Morgan fingerprint density at radius 2 is 1.64 bits per heavy atom. The van der Waals surface area contributed by atoms with Crippen LogP contribution in [0, 0.1) is 0 Å². The minimum atomic E-state index is -0.482. The van der Waals surface area contributed by atoms with E-state index in [2.05, 4.69) is 5.32 Å². The molecule has 2 aromatic rings. The molecule has 0 saturated heterocycles. The predicted molar refractivity (Wildman–Crippen MR) is 84.8 cm³/mol. The number of nitrogens with two attached hydrogens (primary N) is 1. The maximum absolute atomic E-state index is 10.6. The maximum Gasteiger partial charge on any atom is 0.255 e. The van der Waals surface area contributed by atoms with Crippen LogP contribution in [0.15, 0.2) is 54.6 Å². The molecule has 22 heavy (non-hydrogen) atoms. The van der Waals surface area contributed by atoms with Crippen molar-refractivity contribution in [2.75, 3.05) is 19.8 Å². The van der Waals surface area contributed by atoms with Crippen molar-refractivity contribution >= 4 is 5.91 Å². The standard InChI is InChI=1S/C17H20N2O3/c18-17(20)13-22-16-8-6-14(7-9-16)12-19-10-11-21-15-4-2-1-3-5-15/h1-9,19H,10-13H2,(H2,18,20). The number of ether oxygens (including phenoxy) is 2. The third-order valence-corrected chi connectivity index (χ3v) is 2.92. The lowest BCUT2D eigenvalue weighted by molar-refractivity contribution is -0.119. The van der Waals surface area contributed by atoms with E-state index in [9.17, 15) is 4.79 Å². The van der Waals surface area contributed by atoms with Gasteiger partial charge in [0.25, 0.3) is 5.91 Å². The molecule has 0 fully saturated rings. The van der Waals surface area contributed by atoms with Crippen LogP contribution in [0.4, 0.5) is 0 Å². The van der Waals surface area contributed by atoms with Gasteiger partial charge < -0.3 is 20.5 Å². The Hall–Kier alpha value is -2.53. The lowest BCUT2D eigenvalue weighted by Gasteiger charge is -2.08. The Kier molecular flexibility index (Phi) is 6.26. The highest BCUT2D eigenvalue weighted by molar-refractivity contribution is 5.75. The first-order chi connectivity index (χ1) is 10.7. The zero-order valence-corrected chi connectivity index (χ0v) is 12.3. The van der Waals surface area contributed by atoms with E-state index >= 15 is 0 Å². The number of benzene rings is 2. The Balaban J connectivity index is 1.63. The first kappa shape index (κ1) is 15.9. The van der Waals surface area contributed by atoms with Gasteiger partial charge >= 0.3 is 0 Å². The molecule has 3 N–H and O–H groups in total. The Bertz CT molecular complexity index is 570. The summed E-state index contributed by atoms with van der Waals surface area (Å²) in [6.07, 6.45) is 0. The molecule has 0 spiro atoms. The minimum Gasteiger partial charge on any atom is -0.492 e. The maximum atomic E-state index is 10.6. The van der Waals surface area contributed by atoms with Crippen LogP contribution in [0.3, 0.4) is 0 Å². The van der Waals surface area contributed by atoms with Gasteiger partial charge in [0.05, 0.1) is 0 Å². The van der Waals surface area contributed by atoms with Crippen LogP contribution in [0.2, 0.25) is 0 Å². The molecule has 0 atom stereocenters. The second-order valence-corrected chi connectivity index (χ2v) is 4.74. The third-order valence-electron chi connectivity index (χ3n) is 2.92. The van der Waals surface area contributed by atoms with Crippen molar-refractivity contribution in [2.45, 2.75) is 6.54 Å². The van der Waals surface area contributed by atoms with Gasteiger partial charge in [0, 0.05) is 13.1 Å². The third kappa shape index (κ3) is 5.85. The molecule has 0 aliphatic rings. The first-order valence-corrected chi connectivity index (χ1v) is 7.12. The Labute approximate surface area is 130 Å². The summed E-state index contributed by atoms with van der Waals surface area (Å²) in [6, 6.07) is 17.3. The summed E-state index contributed by atoms with van der Waals surface area (Å²) in [5, 5.41) is 3.30. The van der Waals surface area contributed by atoms with E-state index in [1.54, 1.807) is 0 Å². The van der Waals surface area contributed by atoms with Crippen molar-refractivity contribution in [1.82, 2.24) is 5.32 Å². The molecule has 0 aliphatic heterocycles. The highest BCUT2D eigenvalue weighted by atomic mass is 16.5. The average molecular weight is 300 g/mol. The van der Waals surface area contributed by atoms with Crippen LogP contribution >= 0.6 is 0 Å². The molecule has 5 nitrogen and oxygen atoms in total. The molecule has 0 unspecified atom stereocenters. The molecule has 0 bridgehead atoms. The summed E-state index contributed by atoms with van der Waals surface area (Å²) in [5.74, 6) is 1.03. The molecule has 0 radical (unpaired) electrons. The van der Waals surface area contributed by atoms with E-state index in [-0.39, 0.29) is 6.61 Å². The molecule has 2 rings (SSSR count). The van der Waals surface area contributed by atoms with Crippen LogP contribution < -0.4 is 20.5 Å². The number of nitrogens with one attached hydrogen (secondary N) is 1. The van der Waals surface area contributed by atoms with Crippen molar-refractivity contribution < 1.29 is 14.3 Å². The highest BCUT2D eigenvalue weighted by Crippen LogP contribution is 2.12. The second kappa shape index (κ2) is 8.69. The summed E-state index contributed by atoms with van der Waals surface area (Å²) >= 11 is 0. The zero-order chi connectivity index (χ0) is 15.6. The average Bonchev–Trinajstić information content (AvgIpc) is 2.54. The van der Waals surface area contributed by atoms with E-state index in [0.717, 1.165) is 24.4 Å². The van der Waals surface area contributed by atoms with Gasteiger partial charge in [-0.15, -0.1) is 0 Å². The second-order valence-electron chi connectivity index (χ2n) is 4.74. The van der Waals surface area contributed by atoms with Gasteiger partial charge in [-0.25, -0.2) is 0 Å². The number of primary amides is 1. The number of hydrogen-bond donors (Lipinski definition) is 2. The summed E-state index contributed by atoms with van der Waals surface area (Å²) < 4.78 is 10.8. The number of para-hydroxylation sites is 1. The quantitative estimate of drug-likeness (QED) is 0.692. The molecule has 116 valence electrons. The molecular weight excluding hydrogens is 280 g/mol. The fraction of sp³-hybridized carbons (Fsp3) is 0.235. The van der Waals surface area contributed by atoms with Crippen LogP contribution in [0.5, 0.6) is 11.5 Å². The zero-order valence-electron chi connectivity index (χ0n) is 12.3. The van der Waals surface area contributed by atoms with Gasteiger partial charge in [-0.1, -0.05) is 30.3 Å². The van der Waals surface area contributed by atoms with E-state index < -0.39 is 5.91 Å². The number of carbonyl (C=O) groups is 1. The number of carbonyl (C=O) groups excluding carboxylic acids is 1. The summed E-state index contributed by atoms with van der Waals surface area (Å²) in [6.45, 7) is 2.02. The SMILES string of the molecule is NC(=O)COc1ccc(CNCCOc2ccccc2)cc1. The normalized spacial score (nSPS) is 10.2. The molecule has 1 amide bonds. The molecular formula is C17H20N2O3. The van der Waals surface area contributed by atoms with E-state index in [4.69, 9.17) is 15.2 Å². The lowest BCUT2D eigenvalue weighted by atomic mass is 10.2. The van der Waals surface area contributed by atoms with Gasteiger partial charge in [0.1, 0.15) is 18.1 Å². The monoisotopic (exact) mass is 300 g/mol. The van der Waals surface area contributed by atoms with E-state index in [1.165, 1.54) is 0 Å². The van der Waals surface area contributed by atoms with Crippen LogP contribution in [0.1, 0.15) is 5.56 Å². The molecule has 0 heterocycles. The minimum absolute atomic E-state index is 0.103. The van der Waals surface area contributed by atoms with Gasteiger partial charge in [0.15, 0.2) is 6.61 Å². The number of amides is 1. The van der Waals surface area contributed by atoms with Gasteiger partial charge in [-0.3, -0.25) is 4.79 Å². The fourth-order valence-corrected chi connectivity index (χ4v) is 1.85. The Morgan fingerprint density at radius 1 is 0.955 bits per heavy atom. The lowest BCUT2D eigenvalue weighted by Crippen LogP contribution is -2.21. The van der Waals surface area contributed by atoms with Crippen molar-refractivity contribution in [2.24, 2.45) is 5.73 Å².